The maximum absolute atomic E-state index is 12.7. The van der Waals surface area contributed by atoms with Crippen LogP contribution in [0.15, 0.2) is 0 Å². The van der Waals surface area contributed by atoms with Crippen molar-refractivity contribution >= 4 is 5.91 Å². The van der Waals surface area contributed by atoms with Gasteiger partial charge in [-0.1, -0.05) is 6.92 Å². The highest BCUT2D eigenvalue weighted by Crippen LogP contribution is 2.36. The number of amides is 1. The van der Waals surface area contributed by atoms with Gasteiger partial charge in [0.2, 0.25) is 5.82 Å². The molecular weight excluding hydrogens is 285 g/mol. The molecule has 0 aromatic carbocycles. The lowest BCUT2D eigenvalue weighted by atomic mass is 10.1. The number of nitrogens with zero attached hydrogens (tertiary/aromatic N) is 3. The van der Waals surface area contributed by atoms with Crippen LogP contribution in [0.25, 0.3) is 0 Å². The number of aromatic nitrogens is 3. The summed E-state index contributed by atoms with van der Waals surface area (Å²) in [4.78, 5) is 17.1. The zero-order chi connectivity index (χ0) is 15.6. The molecular formula is C13H19F3N4O. The van der Waals surface area contributed by atoms with Gasteiger partial charge in [0.25, 0.3) is 5.91 Å². The Hall–Kier alpha value is -1.60. The molecule has 1 aliphatic rings. The van der Waals surface area contributed by atoms with Crippen molar-refractivity contribution in [2.45, 2.75) is 51.7 Å². The molecule has 0 aliphatic heterocycles. The van der Waals surface area contributed by atoms with Gasteiger partial charge in [0.15, 0.2) is 0 Å². The molecule has 1 fully saturated rings. The quantitative estimate of drug-likeness (QED) is 0.878. The average Bonchev–Trinajstić information content (AvgIpc) is 3.14. The zero-order valence-corrected chi connectivity index (χ0v) is 12.1. The number of H-pyrrole nitrogens is 1. The second-order valence-electron chi connectivity index (χ2n) is 5.48. The summed E-state index contributed by atoms with van der Waals surface area (Å²) >= 11 is 0. The zero-order valence-electron chi connectivity index (χ0n) is 12.1. The molecule has 1 unspecified atom stereocenters. The highest BCUT2D eigenvalue weighted by molar-refractivity contribution is 5.90. The molecule has 0 radical (unpaired) electrons. The van der Waals surface area contributed by atoms with Crippen LogP contribution in [0.3, 0.4) is 0 Å². The number of nitrogens with one attached hydrogen (secondary N) is 1. The molecule has 5 nitrogen and oxygen atoms in total. The van der Waals surface area contributed by atoms with E-state index in [1.165, 1.54) is 0 Å². The van der Waals surface area contributed by atoms with E-state index in [4.69, 9.17) is 0 Å². The van der Waals surface area contributed by atoms with Crippen molar-refractivity contribution in [3.05, 3.63) is 11.6 Å². The molecule has 1 aromatic heterocycles. The molecule has 1 aliphatic carbocycles. The van der Waals surface area contributed by atoms with Crippen molar-refractivity contribution in [1.29, 1.82) is 0 Å². The summed E-state index contributed by atoms with van der Waals surface area (Å²) in [5.41, 5.74) is 0. The smallest absolute Gasteiger partial charge is 0.324 e. The Bertz CT molecular complexity index is 496. The highest BCUT2D eigenvalue weighted by atomic mass is 19.4. The fourth-order valence-electron chi connectivity index (χ4n) is 2.30. The minimum atomic E-state index is -4.43. The molecule has 0 spiro atoms. The van der Waals surface area contributed by atoms with Crippen LogP contribution in [0, 0.1) is 5.92 Å². The molecule has 1 atom stereocenters. The summed E-state index contributed by atoms with van der Waals surface area (Å²) in [6.07, 6.45) is -1.29. The van der Waals surface area contributed by atoms with Gasteiger partial charge in [-0.15, -0.1) is 5.10 Å². The van der Waals surface area contributed by atoms with E-state index in [9.17, 15) is 18.0 Å². The number of hydrogen-bond acceptors (Lipinski definition) is 3. The fourth-order valence-corrected chi connectivity index (χ4v) is 2.30. The summed E-state index contributed by atoms with van der Waals surface area (Å²) in [5, 5.41) is 6.35. The lowest BCUT2D eigenvalue weighted by Gasteiger charge is -2.29. The van der Waals surface area contributed by atoms with E-state index >= 15 is 0 Å². The van der Waals surface area contributed by atoms with Gasteiger partial charge in [0.05, 0.1) is 0 Å². The van der Waals surface area contributed by atoms with Crippen molar-refractivity contribution in [1.82, 2.24) is 20.1 Å². The Labute approximate surface area is 120 Å². The monoisotopic (exact) mass is 304 g/mol. The lowest BCUT2D eigenvalue weighted by Crippen LogP contribution is -2.45. The predicted molar refractivity (Wildman–Crippen MR) is 69.7 cm³/mol. The van der Waals surface area contributed by atoms with Crippen LogP contribution in [-0.4, -0.2) is 44.8 Å². The molecule has 1 N–H and O–H groups in total. The second kappa shape index (κ2) is 6.03. The van der Waals surface area contributed by atoms with Crippen molar-refractivity contribution in [2.24, 2.45) is 5.92 Å². The van der Waals surface area contributed by atoms with E-state index < -0.39 is 24.7 Å². The third-order valence-corrected chi connectivity index (χ3v) is 3.62. The number of rotatable bonds is 6. The highest BCUT2D eigenvalue weighted by Gasteiger charge is 2.41. The van der Waals surface area contributed by atoms with Gasteiger partial charge >= 0.3 is 6.18 Å². The van der Waals surface area contributed by atoms with Crippen LogP contribution < -0.4 is 0 Å². The van der Waals surface area contributed by atoms with E-state index in [2.05, 4.69) is 15.2 Å². The minimum absolute atomic E-state index is 0.144. The van der Waals surface area contributed by atoms with Crippen LogP contribution in [0.1, 0.15) is 49.6 Å². The van der Waals surface area contributed by atoms with E-state index in [1.807, 2.05) is 6.92 Å². The van der Waals surface area contributed by atoms with Crippen LogP contribution in [0.5, 0.6) is 0 Å². The molecule has 8 heteroatoms. The maximum Gasteiger partial charge on any atom is 0.406 e. The topological polar surface area (TPSA) is 61.9 Å². The van der Waals surface area contributed by atoms with Crippen molar-refractivity contribution in [2.75, 3.05) is 6.54 Å². The van der Waals surface area contributed by atoms with E-state index in [0.717, 1.165) is 24.2 Å². The number of hydrogen-bond donors (Lipinski definition) is 1. The van der Waals surface area contributed by atoms with Gasteiger partial charge in [-0.3, -0.25) is 9.89 Å². The standard InChI is InChI=1S/C13H19F3N4O/c1-3-4-10-17-11(19-18-10)12(21)20(7-13(14,15)16)8(2)9-5-6-9/h8-9H,3-7H2,1-2H3,(H,17,18,19). The van der Waals surface area contributed by atoms with E-state index in [0.29, 0.717) is 12.2 Å². The molecule has 118 valence electrons. The summed E-state index contributed by atoms with van der Waals surface area (Å²) in [5.74, 6) is -0.280. The van der Waals surface area contributed by atoms with Crippen molar-refractivity contribution in [3.63, 3.8) is 0 Å². The van der Waals surface area contributed by atoms with Gasteiger partial charge < -0.3 is 4.90 Å². The number of aromatic amines is 1. The third-order valence-electron chi connectivity index (χ3n) is 3.62. The summed E-state index contributed by atoms with van der Waals surface area (Å²) in [6, 6.07) is -0.452. The molecule has 1 aromatic rings. The normalized spacial score (nSPS) is 16.8. The second-order valence-corrected chi connectivity index (χ2v) is 5.48. The minimum Gasteiger partial charge on any atom is -0.324 e. The van der Waals surface area contributed by atoms with Gasteiger partial charge in [0.1, 0.15) is 12.4 Å². The van der Waals surface area contributed by atoms with Crippen LogP contribution in [-0.2, 0) is 6.42 Å². The molecule has 0 saturated heterocycles. The first kappa shape index (κ1) is 15.8. The number of carbonyl (C=O) groups is 1. The number of alkyl halides is 3. The van der Waals surface area contributed by atoms with E-state index in [-0.39, 0.29) is 11.7 Å². The van der Waals surface area contributed by atoms with Crippen molar-refractivity contribution < 1.29 is 18.0 Å². The van der Waals surface area contributed by atoms with Gasteiger partial charge in [-0.2, -0.15) is 13.2 Å². The van der Waals surface area contributed by atoms with Gasteiger partial charge in [-0.25, -0.2) is 4.98 Å². The Morgan fingerprint density at radius 3 is 2.67 bits per heavy atom. The molecule has 2 rings (SSSR count). The SMILES string of the molecule is CCCc1nc(C(=O)N(CC(F)(F)F)C(C)C2CC2)n[nH]1. The van der Waals surface area contributed by atoms with Crippen LogP contribution in [0.4, 0.5) is 13.2 Å². The predicted octanol–water partition coefficient (Wildman–Crippen LogP) is 2.56. The Balaban J connectivity index is 2.15. The summed E-state index contributed by atoms with van der Waals surface area (Å²) in [6.45, 7) is 2.33. The molecule has 0 bridgehead atoms. The lowest BCUT2D eigenvalue weighted by molar-refractivity contribution is -0.144. The number of halogens is 3. The van der Waals surface area contributed by atoms with Crippen LogP contribution >= 0.6 is 0 Å². The number of carbonyl (C=O) groups excluding carboxylic acids is 1. The van der Waals surface area contributed by atoms with Gasteiger partial charge in [0, 0.05) is 12.5 Å². The summed E-state index contributed by atoms with van der Waals surface area (Å²) < 4.78 is 38.1. The molecule has 21 heavy (non-hydrogen) atoms. The van der Waals surface area contributed by atoms with E-state index in [1.54, 1.807) is 6.92 Å². The van der Waals surface area contributed by atoms with Crippen molar-refractivity contribution in [3.8, 4) is 0 Å². The maximum atomic E-state index is 12.7. The average molecular weight is 304 g/mol. The molecule has 1 heterocycles. The molecule has 1 amide bonds. The first-order chi connectivity index (χ1) is 9.81. The largest absolute Gasteiger partial charge is 0.406 e. The summed E-state index contributed by atoms with van der Waals surface area (Å²) in [7, 11) is 0. The Morgan fingerprint density at radius 2 is 2.14 bits per heavy atom. The Kier molecular flexibility index (Phi) is 4.53. The molecule has 1 saturated carbocycles. The first-order valence-corrected chi connectivity index (χ1v) is 7.10. The number of aryl methyl sites for hydroxylation is 1. The fraction of sp³-hybridized carbons (Fsp3) is 0.769. The first-order valence-electron chi connectivity index (χ1n) is 7.10. The Morgan fingerprint density at radius 1 is 1.48 bits per heavy atom. The van der Waals surface area contributed by atoms with Gasteiger partial charge in [-0.05, 0) is 32.1 Å². The van der Waals surface area contributed by atoms with Crippen LogP contribution in [0.2, 0.25) is 0 Å². The third kappa shape index (κ3) is 4.18.